The first-order valence-electron chi connectivity index (χ1n) is 4.26. The van der Waals surface area contributed by atoms with Gasteiger partial charge in [-0.3, -0.25) is 0 Å². The second-order valence-corrected chi connectivity index (χ2v) is 4.25. The molecule has 0 unspecified atom stereocenters. The number of benzene rings is 1. The molecule has 1 aromatic rings. The third-order valence-electron chi connectivity index (χ3n) is 1.69. The van der Waals surface area contributed by atoms with E-state index in [-0.39, 0.29) is 0 Å². The summed E-state index contributed by atoms with van der Waals surface area (Å²) >= 11 is 7.43. The standard InChI is InChI=1S/C11H13ClS/c1-10(9-12)7-8-13-11-5-3-2-4-6-11/h2-6,9H,7-8H2,1H3/b10-9+. The Morgan fingerprint density at radius 2 is 2.08 bits per heavy atom. The van der Waals surface area contributed by atoms with Crippen molar-refractivity contribution in [3.63, 3.8) is 0 Å². The van der Waals surface area contributed by atoms with Gasteiger partial charge in [-0.2, -0.15) is 0 Å². The van der Waals surface area contributed by atoms with Crippen LogP contribution in [0.1, 0.15) is 13.3 Å². The minimum atomic E-state index is 1.06. The van der Waals surface area contributed by atoms with Crippen LogP contribution in [-0.4, -0.2) is 5.75 Å². The molecule has 0 N–H and O–H groups in total. The van der Waals surface area contributed by atoms with Crippen LogP contribution in [0.5, 0.6) is 0 Å². The van der Waals surface area contributed by atoms with Crippen LogP contribution in [0.2, 0.25) is 0 Å². The summed E-state index contributed by atoms with van der Waals surface area (Å²) in [6.07, 6.45) is 1.06. The van der Waals surface area contributed by atoms with E-state index in [4.69, 9.17) is 11.6 Å². The summed E-state index contributed by atoms with van der Waals surface area (Å²) in [5, 5.41) is 0. The van der Waals surface area contributed by atoms with E-state index in [0.717, 1.165) is 12.2 Å². The van der Waals surface area contributed by atoms with E-state index < -0.39 is 0 Å². The number of allylic oxidation sites excluding steroid dienone is 1. The minimum Gasteiger partial charge on any atom is -0.126 e. The van der Waals surface area contributed by atoms with Crippen molar-refractivity contribution in [2.45, 2.75) is 18.2 Å². The average Bonchev–Trinajstić information content (AvgIpc) is 2.19. The van der Waals surface area contributed by atoms with Gasteiger partial charge in [0.05, 0.1) is 0 Å². The van der Waals surface area contributed by atoms with E-state index in [0.29, 0.717) is 0 Å². The van der Waals surface area contributed by atoms with E-state index in [2.05, 4.69) is 31.2 Å². The van der Waals surface area contributed by atoms with E-state index in [1.165, 1.54) is 10.5 Å². The van der Waals surface area contributed by atoms with Crippen LogP contribution in [-0.2, 0) is 0 Å². The molecule has 0 aliphatic carbocycles. The number of hydrogen-bond donors (Lipinski definition) is 0. The molecule has 70 valence electrons. The van der Waals surface area contributed by atoms with Crippen molar-refractivity contribution in [2.75, 3.05) is 5.75 Å². The minimum absolute atomic E-state index is 1.06. The molecule has 2 heteroatoms. The monoisotopic (exact) mass is 212 g/mol. The first kappa shape index (κ1) is 10.7. The molecule has 1 aromatic carbocycles. The van der Waals surface area contributed by atoms with Crippen molar-refractivity contribution < 1.29 is 0 Å². The summed E-state index contributed by atoms with van der Waals surface area (Å²) in [6, 6.07) is 10.4. The van der Waals surface area contributed by atoms with Crippen molar-refractivity contribution >= 4 is 23.4 Å². The molecule has 0 aliphatic heterocycles. The van der Waals surface area contributed by atoms with Gasteiger partial charge in [-0.05, 0) is 25.5 Å². The number of thioether (sulfide) groups is 1. The van der Waals surface area contributed by atoms with Gasteiger partial charge in [0.2, 0.25) is 0 Å². The summed E-state index contributed by atoms with van der Waals surface area (Å²) in [5.41, 5.74) is 2.90. The fourth-order valence-electron chi connectivity index (χ4n) is 0.901. The van der Waals surface area contributed by atoms with Crippen molar-refractivity contribution in [1.82, 2.24) is 0 Å². The summed E-state index contributed by atoms with van der Waals surface area (Å²) in [4.78, 5) is 1.32. The number of hydrogen-bond acceptors (Lipinski definition) is 1. The molecule has 0 atom stereocenters. The Hall–Kier alpha value is -0.400. The van der Waals surface area contributed by atoms with Crippen molar-refractivity contribution in [1.29, 1.82) is 0 Å². The van der Waals surface area contributed by atoms with Crippen LogP contribution < -0.4 is 0 Å². The largest absolute Gasteiger partial charge is 0.126 e. The SMILES string of the molecule is C/C(=C\Cl)CCSc1ccccc1. The second kappa shape index (κ2) is 6.11. The lowest BCUT2D eigenvalue weighted by Crippen LogP contribution is -1.80. The first-order valence-corrected chi connectivity index (χ1v) is 5.69. The van der Waals surface area contributed by atoms with Gasteiger partial charge in [-0.25, -0.2) is 0 Å². The molecule has 13 heavy (non-hydrogen) atoms. The molecule has 0 fully saturated rings. The molecule has 0 amide bonds. The van der Waals surface area contributed by atoms with Gasteiger partial charge in [0.15, 0.2) is 0 Å². The Morgan fingerprint density at radius 1 is 1.38 bits per heavy atom. The van der Waals surface area contributed by atoms with Crippen LogP contribution in [0.3, 0.4) is 0 Å². The Morgan fingerprint density at radius 3 is 2.69 bits per heavy atom. The Balaban J connectivity index is 2.28. The van der Waals surface area contributed by atoms with Gasteiger partial charge >= 0.3 is 0 Å². The molecule has 0 spiro atoms. The van der Waals surface area contributed by atoms with E-state index in [1.807, 2.05) is 17.8 Å². The highest BCUT2D eigenvalue weighted by atomic mass is 35.5. The van der Waals surface area contributed by atoms with Crippen molar-refractivity contribution in [3.8, 4) is 0 Å². The van der Waals surface area contributed by atoms with E-state index >= 15 is 0 Å². The van der Waals surface area contributed by atoms with Crippen LogP contribution >= 0.6 is 23.4 Å². The molecule has 0 bridgehead atoms. The van der Waals surface area contributed by atoms with Crippen molar-refractivity contribution in [2.24, 2.45) is 0 Å². The average molecular weight is 213 g/mol. The fourth-order valence-corrected chi connectivity index (χ4v) is 2.02. The first-order chi connectivity index (χ1) is 6.33. The van der Waals surface area contributed by atoms with Crippen LogP contribution in [0, 0.1) is 0 Å². The highest BCUT2D eigenvalue weighted by Gasteiger charge is 1.93. The van der Waals surface area contributed by atoms with E-state index in [1.54, 1.807) is 5.54 Å². The third-order valence-corrected chi connectivity index (χ3v) is 3.08. The van der Waals surface area contributed by atoms with Crippen LogP contribution in [0.4, 0.5) is 0 Å². The van der Waals surface area contributed by atoms with Gasteiger partial charge in [0.1, 0.15) is 0 Å². The molecule has 0 saturated carbocycles. The zero-order valence-corrected chi connectivity index (χ0v) is 9.24. The summed E-state index contributed by atoms with van der Waals surface area (Å²) in [7, 11) is 0. The smallest absolute Gasteiger partial charge is 0.00720 e. The van der Waals surface area contributed by atoms with E-state index in [9.17, 15) is 0 Å². The number of halogens is 1. The molecular weight excluding hydrogens is 200 g/mol. The topological polar surface area (TPSA) is 0 Å². The molecule has 1 rings (SSSR count). The fraction of sp³-hybridized carbons (Fsp3) is 0.273. The summed E-state index contributed by atoms with van der Waals surface area (Å²) in [5.74, 6) is 1.10. The van der Waals surface area contributed by atoms with Gasteiger partial charge in [0.25, 0.3) is 0 Å². The highest BCUT2D eigenvalue weighted by molar-refractivity contribution is 7.99. The molecule has 0 heterocycles. The lowest BCUT2D eigenvalue weighted by atomic mass is 10.3. The third kappa shape index (κ3) is 4.39. The molecule has 0 aromatic heterocycles. The predicted molar refractivity (Wildman–Crippen MR) is 61.4 cm³/mol. The molecule has 0 aliphatic rings. The second-order valence-electron chi connectivity index (χ2n) is 2.87. The maximum Gasteiger partial charge on any atom is 0.00720 e. The Labute approximate surface area is 89.0 Å². The molecule has 0 saturated heterocycles. The van der Waals surface area contributed by atoms with Gasteiger partial charge in [-0.15, -0.1) is 11.8 Å². The van der Waals surface area contributed by atoms with Gasteiger partial charge < -0.3 is 0 Å². The Bertz CT molecular complexity index is 267. The summed E-state index contributed by atoms with van der Waals surface area (Å²) < 4.78 is 0. The lowest BCUT2D eigenvalue weighted by Gasteiger charge is -2.00. The Kier molecular flexibility index (Phi) is 5.02. The molecule has 0 radical (unpaired) electrons. The quantitative estimate of drug-likeness (QED) is 0.671. The van der Waals surface area contributed by atoms with Crippen LogP contribution in [0.25, 0.3) is 0 Å². The highest BCUT2D eigenvalue weighted by Crippen LogP contribution is 2.19. The van der Waals surface area contributed by atoms with Crippen molar-refractivity contribution in [3.05, 3.63) is 41.4 Å². The normalized spacial score (nSPS) is 11.7. The van der Waals surface area contributed by atoms with Gasteiger partial charge in [0, 0.05) is 16.2 Å². The maximum atomic E-state index is 5.56. The molecular formula is C11H13ClS. The van der Waals surface area contributed by atoms with Gasteiger partial charge in [-0.1, -0.05) is 35.4 Å². The zero-order chi connectivity index (χ0) is 9.52. The predicted octanol–water partition coefficient (Wildman–Crippen LogP) is 4.31. The number of rotatable bonds is 4. The zero-order valence-electron chi connectivity index (χ0n) is 7.66. The lowest BCUT2D eigenvalue weighted by molar-refractivity contribution is 1.12. The van der Waals surface area contributed by atoms with Crippen LogP contribution in [0.15, 0.2) is 46.3 Å². The maximum absolute atomic E-state index is 5.56. The molecule has 0 nitrogen and oxygen atoms in total. The summed E-state index contributed by atoms with van der Waals surface area (Å²) in [6.45, 7) is 2.05.